The fourth-order valence-corrected chi connectivity index (χ4v) is 4.65. The number of anilines is 1. The van der Waals surface area contributed by atoms with E-state index in [0.29, 0.717) is 6.54 Å². The first-order chi connectivity index (χ1) is 14.6. The number of amides is 1. The molecule has 3 heterocycles. The molecule has 0 radical (unpaired) electrons. The zero-order chi connectivity index (χ0) is 20.9. The van der Waals surface area contributed by atoms with E-state index in [4.69, 9.17) is 0 Å². The van der Waals surface area contributed by atoms with E-state index < -0.39 is 0 Å². The average Bonchev–Trinajstić information content (AvgIpc) is 3.22. The van der Waals surface area contributed by atoms with Crippen LogP contribution in [0.5, 0.6) is 0 Å². The predicted molar refractivity (Wildman–Crippen MR) is 125 cm³/mol. The van der Waals surface area contributed by atoms with Crippen molar-refractivity contribution in [3.8, 4) is 10.6 Å². The molecule has 156 valence electrons. The normalized spacial score (nSPS) is 14.7. The summed E-state index contributed by atoms with van der Waals surface area (Å²) in [5.41, 5.74) is 2.88. The third-order valence-corrected chi connectivity index (χ3v) is 6.54. The van der Waals surface area contributed by atoms with Crippen molar-refractivity contribution in [1.29, 1.82) is 0 Å². The summed E-state index contributed by atoms with van der Waals surface area (Å²) in [5.74, 6) is 0.936. The summed E-state index contributed by atoms with van der Waals surface area (Å²) in [6.45, 7) is 4.41. The number of carbonyl (C=O) groups is 1. The van der Waals surface area contributed by atoms with Gasteiger partial charge < -0.3 is 15.1 Å². The number of nitrogens with zero attached hydrogens (tertiary/aromatic N) is 4. The lowest BCUT2D eigenvalue weighted by Gasteiger charge is -2.34. The molecule has 6 nitrogen and oxygen atoms in total. The molecule has 4 rings (SSSR count). The first kappa shape index (κ1) is 21.0. The zero-order valence-corrected chi connectivity index (χ0v) is 19.2. The van der Waals surface area contributed by atoms with Gasteiger partial charge in [0.05, 0.1) is 12.1 Å². The van der Waals surface area contributed by atoms with E-state index in [9.17, 15) is 4.79 Å². The van der Waals surface area contributed by atoms with Crippen LogP contribution in [0, 0.1) is 0 Å². The molecule has 2 aromatic heterocycles. The molecule has 0 spiro atoms. The van der Waals surface area contributed by atoms with Crippen LogP contribution >= 0.6 is 27.3 Å². The van der Waals surface area contributed by atoms with Crippen molar-refractivity contribution < 1.29 is 4.79 Å². The van der Waals surface area contributed by atoms with Crippen LogP contribution in [0.25, 0.3) is 10.6 Å². The van der Waals surface area contributed by atoms with Gasteiger partial charge in [-0.1, -0.05) is 34.1 Å². The number of likely N-dealkylation sites (N-methyl/N-ethyl adjacent to an activating group) is 1. The molecule has 1 N–H and O–H groups in total. The highest BCUT2D eigenvalue weighted by Gasteiger charge is 2.18. The SMILES string of the molecule is CN1CCN(c2ncccc2CNC(=O)Cc2csc(-c3cccc(Br)c3)n2)CC1. The van der Waals surface area contributed by atoms with E-state index in [1.54, 1.807) is 11.3 Å². The second-order valence-electron chi connectivity index (χ2n) is 7.38. The van der Waals surface area contributed by atoms with E-state index in [2.05, 4.69) is 48.1 Å². The molecule has 1 aliphatic rings. The molecule has 3 aromatic rings. The monoisotopic (exact) mass is 485 g/mol. The molecular weight excluding hydrogens is 462 g/mol. The summed E-state index contributed by atoms with van der Waals surface area (Å²) in [6, 6.07) is 12.0. The van der Waals surface area contributed by atoms with Crippen LogP contribution in [-0.2, 0) is 17.8 Å². The zero-order valence-electron chi connectivity index (χ0n) is 16.8. The number of thiazole rings is 1. The molecule has 1 aromatic carbocycles. The van der Waals surface area contributed by atoms with Crippen LogP contribution in [0.2, 0.25) is 0 Å². The van der Waals surface area contributed by atoms with Gasteiger partial charge in [0.2, 0.25) is 5.91 Å². The predicted octanol–water partition coefficient (Wildman–Crippen LogP) is 3.58. The Morgan fingerprint density at radius 1 is 1.20 bits per heavy atom. The van der Waals surface area contributed by atoms with Crippen molar-refractivity contribution in [3.63, 3.8) is 0 Å². The van der Waals surface area contributed by atoms with Gasteiger partial charge in [-0.05, 0) is 25.2 Å². The van der Waals surface area contributed by atoms with Crippen LogP contribution in [0.4, 0.5) is 5.82 Å². The number of benzene rings is 1. The van der Waals surface area contributed by atoms with Crippen LogP contribution in [0.3, 0.4) is 0 Å². The topological polar surface area (TPSA) is 61.4 Å². The Hall–Kier alpha value is -2.29. The highest BCUT2D eigenvalue weighted by molar-refractivity contribution is 9.10. The second-order valence-corrected chi connectivity index (χ2v) is 9.16. The van der Waals surface area contributed by atoms with Gasteiger partial charge in [-0.25, -0.2) is 9.97 Å². The van der Waals surface area contributed by atoms with Gasteiger partial charge in [-0.3, -0.25) is 4.79 Å². The summed E-state index contributed by atoms with van der Waals surface area (Å²) in [6.07, 6.45) is 2.09. The average molecular weight is 486 g/mol. The molecule has 30 heavy (non-hydrogen) atoms. The van der Waals surface area contributed by atoms with Crippen LogP contribution in [0.1, 0.15) is 11.3 Å². The van der Waals surface area contributed by atoms with Gasteiger partial charge in [0.25, 0.3) is 0 Å². The summed E-state index contributed by atoms with van der Waals surface area (Å²) in [4.78, 5) is 26.3. The van der Waals surface area contributed by atoms with Crippen molar-refractivity contribution in [3.05, 3.63) is 63.7 Å². The lowest BCUT2D eigenvalue weighted by atomic mass is 10.2. The maximum absolute atomic E-state index is 12.5. The van der Waals surface area contributed by atoms with E-state index in [1.165, 1.54) is 0 Å². The molecule has 0 bridgehead atoms. The van der Waals surface area contributed by atoms with Gasteiger partial charge in [-0.2, -0.15) is 0 Å². The van der Waals surface area contributed by atoms with E-state index in [-0.39, 0.29) is 12.3 Å². The number of aromatic nitrogens is 2. The number of hydrogen-bond acceptors (Lipinski definition) is 6. The van der Waals surface area contributed by atoms with Gasteiger partial charge in [0.1, 0.15) is 10.8 Å². The lowest BCUT2D eigenvalue weighted by Crippen LogP contribution is -2.45. The van der Waals surface area contributed by atoms with Gasteiger partial charge in [0.15, 0.2) is 0 Å². The molecular formula is C22H24BrN5OS. The van der Waals surface area contributed by atoms with Crippen LogP contribution < -0.4 is 10.2 Å². The summed E-state index contributed by atoms with van der Waals surface area (Å²) >= 11 is 5.05. The van der Waals surface area contributed by atoms with Crippen molar-refractivity contribution >= 4 is 39.0 Å². The summed E-state index contributed by atoms with van der Waals surface area (Å²) < 4.78 is 1.02. The molecule has 1 amide bonds. The fourth-order valence-electron chi connectivity index (χ4n) is 3.43. The van der Waals surface area contributed by atoms with Crippen LogP contribution in [-0.4, -0.2) is 54.0 Å². The number of carbonyl (C=O) groups excluding carboxylic acids is 1. The molecule has 1 aliphatic heterocycles. The molecule has 0 atom stereocenters. The third kappa shape index (κ3) is 5.24. The van der Waals surface area contributed by atoms with Crippen molar-refractivity contribution in [2.45, 2.75) is 13.0 Å². The highest BCUT2D eigenvalue weighted by atomic mass is 79.9. The molecule has 1 fully saturated rings. The smallest absolute Gasteiger partial charge is 0.226 e. The molecule has 0 aliphatic carbocycles. The van der Waals surface area contributed by atoms with Crippen molar-refractivity contribution in [1.82, 2.24) is 20.2 Å². The molecule has 1 saturated heterocycles. The number of halogens is 1. The number of pyridine rings is 1. The molecule has 0 saturated carbocycles. The largest absolute Gasteiger partial charge is 0.354 e. The van der Waals surface area contributed by atoms with Gasteiger partial charge in [0, 0.05) is 59.9 Å². The molecule has 8 heteroatoms. The first-order valence-electron chi connectivity index (χ1n) is 9.93. The Morgan fingerprint density at radius 3 is 2.83 bits per heavy atom. The fraction of sp³-hybridized carbons (Fsp3) is 0.318. The maximum Gasteiger partial charge on any atom is 0.226 e. The van der Waals surface area contributed by atoms with Crippen LogP contribution in [0.15, 0.2) is 52.4 Å². The maximum atomic E-state index is 12.5. The quantitative estimate of drug-likeness (QED) is 0.577. The summed E-state index contributed by atoms with van der Waals surface area (Å²) in [5, 5.41) is 5.91. The summed E-state index contributed by atoms with van der Waals surface area (Å²) in [7, 11) is 2.14. The Morgan fingerprint density at radius 2 is 2.03 bits per heavy atom. The van der Waals surface area contributed by atoms with Crippen molar-refractivity contribution in [2.24, 2.45) is 0 Å². The van der Waals surface area contributed by atoms with E-state index in [1.807, 2.05) is 48.0 Å². The second kappa shape index (κ2) is 9.68. The Labute approximate surface area is 189 Å². The Bertz CT molecular complexity index is 1020. The number of hydrogen-bond donors (Lipinski definition) is 1. The van der Waals surface area contributed by atoms with E-state index in [0.717, 1.165) is 58.3 Å². The minimum Gasteiger partial charge on any atom is -0.354 e. The van der Waals surface area contributed by atoms with Gasteiger partial charge in [-0.15, -0.1) is 11.3 Å². The third-order valence-electron chi connectivity index (χ3n) is 5.11. The number of nitrogens with one attached hydrogen (secondary N) is 1. The number of piperazine rings is 1. The molecule has 0 unspecified atom stereocenters. The first-order valence-corrected chi connectivity index (χ1v) is 11.6. The Kier molecular flexibility index (Phi) is 6.76. The van der Waals surface area contributed by atoms with Gasteiger partial charge >= 0.3 is 0 Å². The number of rotatable bonds is 6. The highest BCUT2D eigenvalue weighted by Crippen LogP contribution is 2.26. The minimum absolute atomic E-state index is 0.0331. The minimum atomic E-state index is -0.0331. The van der Waals surface area contributed by atoms with Crippen molar-refractivity contribution in [2.75, 3.05) is 38.1 Å². The lowest BCUT2D eigenvalue weighted by molar-refractivity contribution is -0.120. The van der Waals surface area contributed by atoms with E-state index >= 15 is 0 Å². The standard InChI is InChI=1S/C22H24BrN5OS/c1-27-8-10-28(11-9-27)21-17(5-3-7-24-21)14-25-20(29)13-19-15-30-22(26-19)16-4-2-6-18(23)12-16/h2-7,12,15H,8-11,13-14H2,1H3,(H,25,29). The Balaban J connectivity index is 1.36.